The second-order valence-electron chi connectivity index (χ2n) is 3.40. The summed E-state index contributed by atoms with van der Waals surface area (Å²) in [7, 11) is 4.06. The number of nitrogens with zero attached hydrogens (tertiary/aromatic N) is 1. The molecule has 78 valence electrons. The molecule has 0 aliphatic carbocycles. The number of benzene rings is 1. The summed E-state index contributed by atoms with van der Waals surface area (Å²) in [6, 6.07) is 8.32. The van der Waals surface area contributed by atoms with Crippen LogP contribution in [0.4, 0.5) is 5.69 Å². The fourth-order valence-corrected chi connectivity index (χ4v) is 1.16. The molecule has 3 nitrogen and oxygen atoms in total. The van der Waals surface area contributed by atoms with Crippen molar-refractivity contribution in [2.24, 2.45) is 5.73 Å². The van der Waals surface area contributed by atoms with Crippen LogP contribution in [0.25, 0.3) is 0 Å². The van der Waals surface area contributed by atoms with Gasteiger partial charge in [-0.1, -0.05) is 12.1 Å². The predicted molar refractivity (Wildman–Crippen MR) is 59.5 cm³/mol. The standard InChI is InChI=1S/C11H18N2O/c1-13(2)11-5-3-10(4-6-11)9-14-8-7-12/h3-6H,7-9,12H2,1-2H3. The van der Waals surface area contributed by atoms with Gasteiger partial charge in [0.2, 0.25) is 0 Å². The van der Waals surface area contributed by atoms with Crippen LogP contribution >= 0.6 is 0 Å². The number of ether oxygens (including phenoxy) is 1. The Morgan fingerprint density at radius 2 is 1.86 bits per heavy atom. The topological polar surface area (TPSA) is 38.5 Å². The molecule has 0 saturated carbocycles. The van der Waals surface area contributed by atoms with Crippen LogP contribution in [0.3, 0.4) is 0 Å². The average Bonchev–Trinajstić information content (AvgIpc) is 2.19. The first-order valence-electron chi connectivity index (χ1n) is 4.78. The molecule has 0 radical (unpaired) electrons. The van der Waals surface area contributed by atoms with Crippen molar-refractivity contribution in [3.63, 3.8) is 0 Å². The van der Waals surface area contributed by atoms with Crippen molar-refractivity contribution < 1.29 is 4.74 Å². The Hall–Kier alpha value is -1.06. The van der Waals surface area contributed by atoms with Crippen LogP contribution in [0, 0.1) is 0 Å². The van der Waals surface area contributed by atoms with E-state index >= 15 is 0 Å². The van der Waals surface area contributed by atoms with Crippen molar-refractivity contribution in [1.29, 1.82) is 0 Å². The van der Waals surface area contributed by atoms with E-state index < -0.39 is 0 Å². The molecule has 0 amide bonds. The van der Waals surface area contributed by atoms with Gasteiger partial charge in [0.25, 0.3) is 0 Å². The molecule has 1 aromatic rings. The highest BCUT2D eigenvalue weighted by molar-refractivity contribution is 5.45. The van der Waals surface area contributed by atoms with Gasteiger partial charge in [0.15, 0.2) is 0 Å². The molecule has 1 aromatic carbocycles. The molecule has 0 saturated heterocycles. The zero-order valence-electron chi connectivity index (χ0n) is 8.86. The second-order valence-corrected chi connectivity index (χ2v) is 3.40. The summed E-state index contributed by atoms with van der Waals surface area (Å²) in [5.74, 6) is 0. The summed E-state index contributed by atoms with van der Waals surface area (Å²) in [6.45, 7) is 1.84. The number of nitrogens with two attached hydrogens (primary N) is 1. The maximum Gasteiger partial charge on any atom is 0.0717 e. The average molecular weight is 194 g/mol. The zero-order valence-corrected chi connectivity index (χ0v) is 8.86. The molecule has 2 N–H and O–H groups in total. The Kier molecular flexibility index (Phi) is 4.43. The molecule has 0 atom stereocenters. The molecule has 1 rings (SSSR count). The fraction of sp³-hybridized carbons (Fsp3) is 0.455. The van der Waals surface area contributed by atoms with Crippen molar-refractivity contribution in [3.8, 4) is 0 Å². The Balaban J connectivity index is 2.47. The highest BCUT2D eigenvalue weighted by atomic mass is 16.5. The molecule has 0 unspecified atom stereocenters. The van der Waals surface area contributed by atoms with E-state index in [1.165, 1.54) is 11.3 Å². The van der Waals surface area contributed by atoms with Crippen LogP contribution in [0.15, 0.2) is 24.3 Å². The van der Waals surface area contributed by atoms with E-state index in [1.54, 1.807) is 0 Å². The fourth-order valence-electron chi connectivity index (χ4n) is 1.16. The van der Waals surface area contributed by atoms with Crippen molar-refractivity contribution in [2.45, 2.75) is 6.61 Å². The van der Waals surface area contributed by atoms with Gasteiger partial charge in [0.05, 0.1) is 13.2 Å². The number of hydrogen-bond acceptors (Lipinski definition) is 3. The minimum atomic E-state index is 0.579. The third-order valence-electron chi connectivity index (χ3n) is 1.98. The summed E-state index contributed by atoms with van der Waals surface area (Å²) in [6.07, 6.45) is 0. The maximum atomic E-state index is 5.33. The Bertz CT molecular complexity index is 256. The van der Waals surface area contributed by atoms with Crippen molar-refractivity contribution in [1.82, 2.24) is 0 Å². The van der Waals surface area contributed by atoms with Crippen LogP contribution in [-0.2, 0) is 11.3 Å². The molecular weight excluding hydrogens is 176 g/mol. The van der Waals surface area contributed by atoms with Crippen molar-refractivity contribution in [3.05, 3.63) is 29.8 Å². The lowest BCUT2D eigenvalue weighted by Gasteiger charge is -2.12. The molecule has 0 aliphatic heterocycles. The highest BCUT2D eigenvalue weighted by Gasteiger charge is 1.95. The van der Waals surface area contributed by atoms with Gasteiger partial charge in [0, 0.05) is 26.3 Å². The number of rotatable bonds is 5. The first-order valence-corrected chi connectivity index (χ1v) is 4.78. The van der Waals surface area contributed by atoms with Crippen LogP contribution < -0.4 is 10.6 Å². The van der Waals surface area contributed by atoms with Gasteiger partial charge in [0.1, 0.15) is 0 Å². The quantitative estimate of drug-likeness (QED) is 0.716. The summed E-state index contributed by atoms with van der Waals surface area (Å²) >= 11 is 0. The Morgan fingerprint density at radius 3 is 2.36 bits per heavy atom. The summed E-state index contributed by atoms with van der Waals surface area (Å²) < 4.78 is 5.33. The largest absolute Gasteiger partial charge is 0.378 e. The third kappa shape index (κ3) is 3.36. The monoisotopic (exact) mass is 194 g/mol. The van der Waals surface area contributed by atoms with Gasteiger partial charge in [-0.15, -0.1) is 0 Å². The van der Waals surface area contributed by atoms with Gasteiger partial charge in [-0.3, -0.25) is 0 Å². The summed E-state index contributed by atoms with van der Waals surface area (Å²) in [5, 5.41) is 0. The van der Waals surface area contributed by atoms with E-state index in [2.05, 4.69) is 29.2 Å². The van der Waals surface area contributed by atoms with Crippen LogP contribution in [-0.4, -0.2) is 27.2 Å². The van der Waals surface area contributed by atoms with Gasteiger partial charge in [-0.2, -0.15) is 0 Å². The van der Waals surface area contributed by atoms with Gasteiger partial charge in [-0.05, 0) is 17.7 Å². The molecule has 0 heterocycles. The van der Waals surface area contributed by atoms with Gasteiger partial charge in [-0.25, -0.2) is 0 Å². The first-order chi connectivity index (χ1) is 6.74. The van der Waals surface area contributed by atoms with E-state index in [0.29, 0.717) is 19.8 Å². The number of anilines is 1. The lowest BCUT2D eigenvalue weighted by atomic mass is 10.2. The lowest BCUT2D eigenvalue weighted by molar-refractivity contribution is 0.128. The normalized spacial score (nSPS) is 10.2. The highest BCUT2D eigenvalue weighted by Crippen LogP contribution is 2.12. The Labute approximate surface area is 85.5 Å². The molecular formula is C11H18N2O. The van der Waals surface area contributed by atoms with E-state index in [4.69, 9.17) is 10.5 Å². The molecule has 3 heteroatoms. The zero-order chi connectivity index (χ0) is 10.4. The van der Waals surface area contributed by atoms with Gasteiger partial charge >= 0.3 is 0 Å². The van der Waals surface area contributed by atoms with Crippen molar-refractivity contribution in [2.75, 3.05) is 32.1 Å². The molecule has 0 aliphatic rings. The molecule has 14 heavy (non-hydrogen) atoms. The van der Waals surface area contributed by atoms with E-state index in [-0.39, 0.29) is 0 Å². The van der Waals surface area contributed by atoms with E-state index in [0.717, 1.165) is 0 Å². The molecule has 0 bridgehead atoms. The molecule has 0 fully saturated rings. The summed E-state index contributed by atoms with van der Waals surface area (Å²) in [4.78, 5) is 2.07. The summed E-state index contributed by atoms with van der Waals surface area (Å²) in [5.41, 5.74) is 7.71. The molecule has 0 aromatic heterocycles. The minimum absolute atomic E-state index is 0.579. The van der Waals surface area contributed by atoms with Gasteiger partial charge < -0.3 is 15.4 Å². The van der Waals surface area contributed by atoms with Crippen LogP contribution in [0.1, 0.15) is 5.56 Å². The van der Waals surface area contributed by atoms with E-state index in [1.807, 2.05) is 14.1 Å². The van der Waals surface area contributed by atoms with Crippen molar-refractivity contribution >= 4 is 5.69 Å². The van der Waals surface area contributed by atoms with Crippen LogP contribution in [0.5, 0.6) is 0 Å². The SMILES string of the molecule is CN(C)c1ccc(COCCN)cc1. The second kappa shape index (κ2) is 5.62. The predicted octanol–water partition coefficient (Wildman–Crippen LogP) is 1.23. The maximum absolute atomic E-state index is 5.33. The number of hydrogen-bond donors (Lipinski definition) is 1. The molecule has 0 spiro atoms. The smallest absolute Gasteiger partial charge is 0.0717 e. The third-order valence-corrected chi connectivity index (χ3v) is 1.98. The lowest BCUT2D eigenvalue weighted by Crippen LogP contribution is -2.09. The minimum Gasteiger partial charge on any atom is -0.378 e. The van der Waals surface area contributed by atoms with E-state index in [9.17, 15) is 0 Å². The Morgan fingerprint density at radius 1 is 1.21 bits per heavy atom. The first kappa shape index (κ1) is 11.0. The van der Waals surface area contributed by atoms with Crippen LogP contribution in [0.2, 0.25) is 0 Å².